The summed E-state index contributed by atoms with van der Waals surface area (Å²) in [7, 11) is 0. The highest BCUT2D eigenvalue weighted by atomic mass is 79.9. The molecule has 0 aliphatic heterocycles. The average Bonchev–Trinajstić information content (AvgIpc) is 2.43. The van der Waals surface area contributed by atoms with Crippen molar-refractivity contribution < 1.29 is 0 Å². The second kappa shape index (κ2) is 8.95. The van der Waals surface area contributed by atoms with Crippen molar-refractivity contribution in [2.75, 3.05) is 6.54 Å². The Morgan fingerprint density at radius 2 is 1.67 bits per heavy atom. The lowest BCUT2D eigenvalue weighted by molar-refractivity contribution is 0.306. The zero-order chi connectivity index (χ0) is 15.9. The molecule has 1 aromatic rings. The Hall–Kier alpha value is -0.340. The molecule has 1 atom stereocenters. The van der Waals surface area contributed by atoms with Gasteiger partial charge in [0, 0.05) is 10.0 Å². The van der Waals surface area contributed by atoms with Crippen molar-refractivity contribution in [1.29, 1.82) is 0 Å². The molecule has 0 bridgehead atoms. The maximum Gasteiger partial charge on any atom is 0.0207 e. The summed E-state index contributed by atoms with van der Waals surface area (Å²) in [6, 6.07) is 8.64. The molecule has 0 spiro atoms. The quantitative estimate of drug-likeness (QED) is 0.620. The van der Waals surface area contributed by atoms with Gasteiger partial charge in [0.15, 0.2) is 0 Å². The first-order valence-corrected chi connectivity index (χ1v) is 9.13. The summed E-state index contributed by atoms with van der Waals surface area (Å²) in [6.07, 6.45) is 5.05. The molecule has 0 heterocycles. The number of halogens is 1. The van der Waals surface area contributed by atoms with Crippen LogP contribution in [0.5, 0.6) is 0 Å². The Kier molecular flexibility index (Phi) is 7.97. The summed E-state index contributed by atoms with van der Waals surface area (Å²) in [6.45, 7) is 12.5. The lowest BCUT2D eigenvalue weighted by Crippen LogP contribution is -2.40. The molecule has 1 aromatic carbocycles. The Balaban J connectivity index is 2.73. The van der Waals surface area contributed by atoms with E-state index in [4.69, 9.17) is 0 Å². The van der Waals surface area contributed by atoms with Gasteiger partial charge < -0.3 is 5.32 Å². The number of nitrogens with one attached hydrogen (secondary N) is 1. The van der Waals surface area contributed by atoms with Gasteiger partial charge in [0.05, 0.1) is 0 Å². The van der Waals surface area contributed by atoms with E-state index in [1.807, 2.05) is 0 Å². The molecule has 0 aliphatic carbocycles. The van der Waals surface area contributed by atoms with Crippen LogP contribution < -0.4 is 5.32 Å². The number of hydrogen-bond acceptors (Lipinski definition) is 1. The minimum absolute atomic E-state index is 0.195. The molecule has 1 N–H and O–H groups in total. The molecule has 0 saturated heterocycles. The first-order valence-electron chi connectivity index (χ1n) is 8.34. The highest BCUT2D eigenvalue weighted by Gasteiger charge is 2.18. The topological polar surface area (TPSA) is 12.0 Å². The summed E-state index contributed by atoms with van der Waals surface area (Å²) in [5.74, 6) is 1.55. The number of benzene rings is 1. The zero-order valence-corrected chi connectivity index (χ0v) is 16.0. The van der Waals surface area contributed by atoms with E-state index < -0.39 is 0 Å². The highest BCUT2D eigenvalue weighted by Crippen LogP contribution is 2.25. The monoisotopic (exact) mass is 353 g/mol. The van der Waals surface area contributed by atoms with Crippen molar-refractivity contribution in [2.45, 2.75) is 65.8 Å². The Morgan fingerprint density at radius 1 is 1.05 bits per heavy atom. The largest absolute Gasteiger partial charge is 0.312 e. The molecular weight excluding hydrogens is 322 g/mol. The second-order valence-corrected chi connectivity index (χ2v) is 8.07. The van der Waals surface area contributed by atoms with Gasteiger partial charge in [-0.25, -0.2) is 0 Å². The Morgan fingerprint density at radius 3 is 2.19 bits per heavy atom. The summed E-state index contributed by atoms with van der Waals surface area (Å²) in [4.78, 5) is 0. The highest BCUT2D eigenvalue weighted by molar-refractivity contribution is 9.10. The van der Waals surface area contributed by atoms with Crippen molar-refractivity contribution in [3.05, 3.63) is 34.3 Å². The van der Waals surface area contributed by atoms with Gasteiger partial charge in [-0.05, 0) is 63.6 Å². The molecule has 1 nitrogen and oxygen atoms in total. The van der Waals surface area contributed by atoms with Gasteiger partial charge in [-0.2, -0.15) is 0 Å². The molecule has 1 unspecified atom stereocenters. The fourth-order valence-corrected chi connectivity index (χ4v) is 3.20. The first-order chi connectivity index (χ1) is 9.85. The minimum Gasteiger partial charge on any atom is -0.312 e. The molecule has 0 aliphatic rings. The molecule has 0 aromatic heterocycles. The summed E-state index contributed by atoms with van der Waals surface area (Å²) < 4.78 is 1.25. The van der Waals surface area contributed by atoms with Crippen LogP contribution in [0.4, 0.5) is 0 Å². The fourth-order valence-electron chi connectivity index (χ4n) is 2.76. The van der Waals surface area contributed by atoms with Gasteiger partial charge in [0.1, 0.15) is 0 Å². The van der Waals surface area contributed by atoms with Crippen LogP contribution in [0, 0.1) is 11.8 Å². The van der Waals surface area contributed by atoms with Gasteiger partial charge in [0.2, 0.25) is 0 Å². The lowest BCUT2D eigenvalue weighted by atomic mass is 9.86. The Labute approximate surface area is 140 Å². The average molecular weight is 354 g/mol. The number of rotatable bonds is 8. The van der Waals surface area contributed by atoms with Gasteiger partial charge in [-0.3, -0.25) is 0 Å². The van der Waals surface area contributed by atoms with Crippen LogP contribution in [-0.4, -0.2) is 12.1 Å². The first kappa shape index (κ1) is 18.7. The maximum absolute atomic E-state index is 3.70. The maximum atomic E-state index is 3.70. The predicted octanol–water partition coefficient (Wildman–Crippen LogP) is 5.82. The summed E-state index contributed by atoms with van der Waals surface area (Å²) >= 11 is 3.70. The van der Waals surface area contributed by atoms with Crippen molar-refractivity contribution in [3.63, 3.8) is 0 Å². The van der Waals surface area contributed by atoms with Crippen LogP contribution in [0.25, 0.3) is 0 Å². The van der Waals surface area contributed by atoms with Crippen molar-refractivity contribution in [2.24, 2.45) is 11.8 Å². The van der Waals surface area contributed by atoms with Crippen LogP contribution >= 0.6 is 15.9 Å². The molecule has 0 amide bonds. The molecule has 120 valence electrons. The molecule has 2 heteroatoms. The summed E-state index contributed by atoms with van der Waals surface area (Å²) in [5.41, 5.74) is 1.63. The van der Waals surface area contributed by atoms with E-state index in [1.54, 1.807) is 0 Å². The van der Waals surface area contributed by atoms with Crippen molar-refractivity contribution >= 4 is 15.9 Å². The molecule has 0 saturated carbocycles. The van der Waals surface area contributed by atoms with Crippen LogP contribution in [-0.2, 0) is 6.42 Å². The molecule has 0 fully saturated rings. The molecule has 21 heavy (non-hydrogen) atoms. The predicted molar refractivity (Wildman–Crippen MR) is 97.8 cm³/mol. The van der Waals surface area contributed by atoms with Gasteiger partial charge in [0.25, 0.3) is 0 Å². The van der Waals surface area contributed by atoms with Crippen molar-refractivity contribution in [1.82, 2.24) is 5.32 Å². The van der Waals surface area contributed by atoms with Gasteiger partial charge >= 0.3 is 0 Å². The van der Waals surface area contributed by atoms with E-state index in [0.717, 1.165) is 18.9 Å². The van der Waals surface area contributed by atoms with E-state index in [9.17, 15) is 0 Å². The normalized spacial score (nSPS) is 13.7. The van der Waals surface area contributed by atoms with E-state index in [1.165, 1.54) is 29.3 Å². The zero-order valence-electron chi connectivity index (χ0n) is 14.4. The third-order valence-electron chi connectivity index (χ3n) is 4.21. The second-order valence-electron chi connectivity index (χ2n) is 7.21. The van der Waals surface area contributed by atoms with Gasteiger partial charge in [-0.1, -0.05) is 60.8 Å². The van der Waals surface area contributed by atoms with Crippen LogP contribution in [0.1, 0.15) is 59.4 Å². The van der Waals surface area contributed by atoms with E-state index in [0.29, 0.717) is 5.92 Å². The molecule has 1 rings (SSSR count). The fraction of sp³-hybridized carbons (Fsp3) is 0.684. The minimum atomic E-state index is 0.195. The van der Waals surface area contributed by atoms with Crippen LogP contribution in [0.15, 0.2) is 28.7 Å². The lowest BCUT2D eigenvalue weighted by Gasteiger charge is -2.28. The number of hydrogen-bond donors (Lipinski definition) is 1. The third kappa shape index (κ3) is 7.46. The standard InChI is InChI=1S/C19H32BrN/c1-6-15(7-2)12-16(14-21-19(3,4)5)13-17-10-8-9-11-18(17)20/h8-11,15-16,21H,6-7,12-14H2,1-5H3. The van der Waals surface area contributed by atoms with E-state index in [-0.39, 0.29) is 5.54 Å². The van der Waals surface area contributed by atoms with E-state index >= 15 is 0 Å². The van der Waals surface area contributed by atoms with Crippen molar-refractivity contribution in [3.8, 4) is 0 Å². The van der Waals surface area contributed by atoms with Gasteiger partial charge in [-0.15, -0.1) is 0 Å². The van der Waals surface area contributed by atoms with Crippen LogP contribution in [0.2, 0.25) is 0 Å². The molecular formula is C19H32BrN. The Bertz CT molecular complexity index is 404. The summed E-state index contributed by atoms with van der Waals surface area (Å²) in [5, 5.41) is 3.70. The smallest absolute Gasteiger partial charge is 0.0207 e. The SMILES string of the molecule is CCC(CC)CC(CNC(C)(C)C)Cc1ccccc1Br. The third-order valence-corrected chi connectivity index (χ3v) is 4.98. The van der Waals surface area contributed by atoms with Crippen LogP contribution in [0.3, 0.4) is 0 Å². The van der Waals surface area contributed by atoms with E-state index in [2.05, 4.69) is 80.1 Å². The molecule has 0 radical (unpaired) electrons.